The van der Waals surface area contributed by atoms with E-state index in [9.17, 15) is 0 Å². The molecule has 4 aromatic rings. The van der Waals surface area contributed by atoms with Gasteiger partial charge in [0.25, 0.3) is 0 Å². The molecule has 0 N–H and O–H groups in total. The molecule has 0 bridgehead atoms. The van der Waals surface area contributed by atoms with E-state index >= 15 is 0 Å². The summed E-state index contributed by atoms with van der Waals surface area (Å²) in [5, 5.41) is 2.39. The lowest BCUT2D eigenvalue weighted by atomic mass is 9.90. The molecule has 0 radical (unpaired) electrons. The first-order chi connectivity index (χ1) is 16.1. The first-order valence-electron chi connectivity index (χ1n) is 11.2. The molecule has 0 heterocycles. The van der Waals surface area contributed by atoms with Gasteiger partial charge in [0.1, 0.15) is 23.9 Å². The monoisotopic (exact) mass is 441 g/mol. The quantitative estimate of drug-likeness (QED) is 0.316. The normalized spacial score (nSPS) is 11.1. The minimum absolute atomic E-state index is 0.678. The van der Waals surface area contributed by atoms with E-state index < -0.39 is 0 Å². The van der Waals surface area contributed by atoms with Gasteiger partial charge in [0, 0.05) is 6.54 Å². The smallest absolute Gasteiger partial charge is 0.119 e. The Morgan fingerprint density at radius 2 is 1.45 bits per heavy atom. The maximum Gasteiger partial charge on any atom is 0.119 e. The molecule has 0 unspecified atom stereocenters. The molecular weight excluding hydrogens is 410 g/mol. The highest BCUT2D eigenvalue weighted by Gasteiger charge is 2.12. The average molecular weight is 442 g/mol. The van der Waals surface area contributed by atoms with Crippen LogP contribution in [0.5, 0.6) is 17.2 Å². The second kappa shape index (κ2) is 10.4. The SMILES string of the molecule is COc1cccc(-c2ccc3cc(OC)ccc3c2Cc2ccc(OCCN(C)C)cc2)c1. The summed E-state index contributed by atoms with van der Waals surface area (Å²) >= 11 is 0. The first-order valence-corrected chi connectivity index (χ1v) is 11.2. The second-order valence-corrected chi connectivity index (χ2v) is 8.38. The molecule has 4 nitrogen and oxygen atoms in total. The van der Waals surface area contributed by atoms with Gasteiger partial charge in [0.2, 0.25) is 0 Å². The Bertz CT molecular complexity index is 1220. The Morgan fingerprint density at radius 1 is 0.727 bits per heavy atom. The number of nitrogens with zero attached hydrogens (tertiary/aromatic N) is 1. The summed E-state index contributed by atoms with van der Waals surface area (Å²) in [5.41, 5.74) is 4.87. The van der Waals surface area contributed by atoms with E-state index in [4.69, 9.17) is 14.2 Å². The van der Waals surface area contributed by atoms with Crippen LogP contribution in [0.2, 0.25) is 0 Å². The molecule has 33 heavy (non-hydrogen) atoms. The predicted molar refractivity (Wildman–Crippen MR) is 136 cm³/mol. The van der Waals surface area contributed by atoms with Crippen molar-refractivity contribution in [1.82, 2.24) is 4.90 Å². The molecule has 4 heteroatoms. The Balaban J connectivity index is 1.71. The molecule has 0 aliphatic heterocycles. The van der Waals surface area contributed by atoms with Gasteiger partial charge in [-0.05, 0) is 89.9 Å². The van der Waals surface area contributed by atoms with Crippen LogP contribution in [-0.4, -0.2) is 46.4 Å². The summed E-state index contributed by atoms with van der Waals surface area (Å²) in [5.74, 6) is 2.62. The zero-order valence-electron chi connectivity index (χ0n) is 19.8. The summed E-state index contributed by atoms with van der Waals surface area (Å²) in [7, 11) is 7.50. The summed E-state index contributed by atoms with van der Waals surface area (Å²) in [6, 6.07) is 27.3. The van der Waals surface area contributed by atoms with Gasteiger partial charge >= 0.3 is 0 Å². The van der Waals surface area contributed by atoms with Crippen LogP contribution in [0.4, 0.5) is 0 Å². The lowest BCUT2D eigenvalue weighted by Crippen LogP contribution is -2.19. The van der Waals surface area contributed by atoms with Crippen molar-refractivity contribution < 1.29 is 14.2 Å². The van der Waals surface area contributed by atoms with Gasteiger partial charge in [-0.3, -0.25) is 0 Å². The average Bonchev–Trinajstić information content (AvgIpc) is 2.84. The van der Waals surface area contributed by atoms with Crippen LogP contribution in [0.3, 0.4) is 0 Å². The van der Waals surface area contributed by atoms with Crippen molar-refractivity contribution in [3.8, 4) is 28.4 Å². The molecule has 0 aromatic heterocycles. The van der Waals surface area contributed by atoms with Gasteiger partial charge < -0.3 is 19.1 Å². The van der Waals surface area contributed by atoms with E-state index in [-0.39, 0.29) is 0 Å². The number of ether oxygens (including phenoxy) is 3. The minimum atomic E-state index is 0.678. The highest BCUT2D eigenvalue weighted by molar-refractivity contribution is 5.93. The van der Waals surface area contributed by atoms with E-state index in [1.54, 1.807) is 14.2 Å². The number of hydrogen-bond donors (Lipinski definition) is 0. The van der Waals surface area contributed by atoms with Gasteiger partial charge in [0.05, 0.1) is 14.2 Å². The van der Waals surface area contributed by atoms with Crippen molar-refractivity contribution in [3.63, 3.8) is 0 Å². The fourth-order valence-electron chi connectivity index (χ4n) is 4.00. The van der Waals surface area contributed by atoms with E-state index in [0.29, 0.717) is 6.61 Å². The highest BCUT2D eigenvalue weighted by atomic mass is 16.5. The second-order valence-electron chi connectivity index (χ2n) is 8.38. The summed E-state index contributed by atoms with van der Waals surface area (Å²) in [4.78, 5) is 2.12. The molecule has 0 saturated heterocycles. The fourth-order valence-corrected chi connectivity index (χ4v) is 4.00. The van der Waals surface area contributed by atoms with Crippen LogP contribution in [0.15, 0.2) is 78.9 Å². The van der Waals surface area contributed by atoms with Crippen molar-refractivity contribution in [1.29, 1.82) is 0 Å². The van der Waals surface area contributed by atoms with Crippen molar-refractivity contribution >= 4 is 10.8 Å². The van der Waals surface area contributed by atoms with Crippen LogP contribution in [-0.2, 0) is 6.42 Å². The third-order valence-electron chi connectivity index (χ3n) is 5.83. The summed E-state index contributed by atoms with van der Waals surface area (Å²) < 4.78 is 16.8. The van der Waals surface area contributed by atoms with Crippen LogP contribution in [0.1, 0.15) is 11.1 Å². The minimum Gasteiger partial charge on any atom is -0.497 e. The molecule has 0 fully saturated rings. The standard InChI is InChI=1S/C29H31NO3/c1-30(2)16-17-33-24-11-8-21(9-12-24)18-29-27(22-6-5-7-25(19-22)31-3)14-10-23-20-26(32-4)13-15-28(23)29/h5-15,19-20H,16-18H2,1-4H3. The number of fused-ring (bicyclic) bond motifs is 1. The topological polar surface area (TPSA) is 30.9 Å². The summed E-state index contributed by atoms with van der Waals surface area (Å²) in [6.45, 7) is 1.57. The van der Waals surface area contributed by atoms with Gasteiger partial charge in [-0.2, -0.15) is 0 Å². The van der Waals surface area contributed by atoms with Crippen LogP contribution >= 0.6 is 0 Å². The molecule has 170 valence electrons. The van der Waals surface area contributed by atoms with Gasteiger partial charge in [-0.15, -0.1) is 0 Å². The number of likely N-dealkylation sites (N-methyl/N-ethyl adjacent to an activating group) is 1. The molecule has 0 spiro atoms. The molecular formula is C29H31NO3. The fraction of sp³-hybridized carbons (Fsp3) is 0.241. The van der Waals surface area contributed by atoms with Gasteiger partial charge in [-0.1, -0.05) is 42.5 Å². The molecule has 0 aliphatic rings. The van der Waals surface area contributed by atoms with Crippen LogP contribution in [0.25, 0.3) is 21.9 Å². The Labute approximate surface area is 196 Å². The Kier molecular flexibility index (Phi) is 7.16. The number of benzene rings is 4. The van der Waals surface area contributed by atoms with Crippen molar-refractivity contribution in [2.24, 2.45) is 0 Å². The predicted octanol–water partition coefficient (Wildman–Crippen LogP) is 6.06. The van der Waals surface area contributed by atoms with Gasteiger partial charge in [-0.25, -0.2) is 0 Å². The van der Waals surface area contributed by atoms with Gasteiger partial charge in [0.15, 0.2) is 0 Å². The van der Waals surface area contributed by atoms with E-state index in [0.717, 1.165) is 35.8 Å². The van der Waals surface area contributed by atoms with Crippen LogP contribution < -0.4 is 14.2 Å². The van der Waals surface area contributed by atoms with Crippen LogP contribution in [0, 0.1) is 0 Å². The third-order valence-corrected chi connectivity index (χ3v) is 5.83. The molecule has 0 amide bonds. The number of rotatable bonds is 9. The van der Waals surface area contributed by atoms with Crippen molar-refractivity contribution in [2.45, 2.75) is 6.42 Å². The Hall–Kier alpha value is -3.50. The zero-order chi connectivity index (χ0) is 23.2. The third kappa shape index (κ3) is 5.47. The lowest BCUT2D eigenvalue weighted by molar-refractivity contribution is 0.261. The summed E-state index contributed by atoms with van der Waals surface area (Å²) in [6.07, 6.45) is 0.814. The van der Waals surface area contributed by atoms with E-state index in [1.165, 1.54) is 27.5 Å². The molecule has 4 aromatic carbocycles. The number of hydrogen-bond acceptors (Lipinski definition) is 4. The van der Waals surface area contributed by atoms with E-state index in [2.05, 4.69) is 65.6 Å². The number of methoxy groups -OCH3 is 2. The first kappa shape index (κ1) is 22.7. The Morgan fingerprint density at radius 3 is 2.18 bits per heavy atom. The highest BCUT2D eigenvalue weighted by Crippen LogP contribution is 2.35. The largest absolute Gasteiger partial charge is 0.497 e. The van der Waals surface area contributed by atoms with Crippen molar-refractivity contribution in [3.05, 3.63) is 90.0 Å². The molecule has 0 aliphatic carbocycles. The van der Waals surface area contributed by atoms with E-state index in [1.807, 2.05) is 32.3 Å². The molecule has 4 rings (SSSR count). The molecule has 0 atom stereocenters. The maximum atomic E-state index is 5.87. The maximum absolute atomic E-state index is 5.87. The lowest BCUT2D eigenvalue weighted by Gasteiger charge is -2.16. The molecule has 0 saturated carbocycles. The zero-order valence-corrected chi connectivity index (χ0v) is 19.8. The van der Waals surface area contributed by atoms with Crippen molar-refractivity contribution in [2.75, 3.05) is 41.5 Å².